The number of ether oxygens (including phenoxy) is 1. The fourth-order valence-electron chi connectivity index (χ4n) is 1.85. The molecule has 1 saturated heterocycles. The van der Waals surface area contributed by atoms with Gasteiger partial charge in [0.25, 0.3) is 0 Å². The summed E-state index contributed by atoms with van der Waals surface area (Å²) < 4.78 is 5.46. The predicted molar refractivity (Wildman–Crippen MR) is 80.1 cm³/mol. The highest BCUT2D eigenvalue weighted by Crippen LogP contribution is 2.20. The molecule has 1 aromatic carbocycles. The molecule has 1 unspecified atom stereocenters. The molecule has 0 aromatic heterocycles. The number of hydrogen-bond acceptors (Lipinski definition) is 5. The molecule has 0 spiro atoms. The second kappa shape index (κ2) is 7.06. The van der Waals surface area contributed by atoms with Crippen molar-refractivity contribution in [3.8, 4) is 11.5 Å². The van der Waals surface area contributed by atoms with Gasteiger partial charge in [-0.2, -0.15) is 5.10 Å². The molecule has 1 aliphatic rings. The topological polar surface area (TPSA) is 86.1 Å². The van der Waals surface area contributed by atoms with Gasteiger partial charge in [-0.05, 0) is 37.2 Å². The number of rotatable bonds is 4. The fourth-order valence-corrected chi connectivity index (χ4v) is 1.99. The first kappa shape index (κ1) is 14.5. The van der Waals surface area contributed by atoms with E-state index < -0.39 is 0 Å². The highest BCUT2D eigenvalue weighted by atomic mass is 32.1. The molecule has 7 heteroatoms. The molecular formula is C13H17N3O3S. The van der Waals surface area contributed by atoms with Crippen LogP contribution in [0.15, 0.2) is 23.3 Å². The Morgan fingerprint density at radius 1 is 1.50 bits per heavy atom. The first-order valence-electron chi connectivity index (χ1n) is 6.35. The Bertz CT molecular complexity index is 502. The molecule has 0 aliphatic carbocycles. The van der Waals surface area contributed by atoms with Crippen molar-refractivity contribution in [1.82, 2.24) is 10.7 Å². The van der Waals surface area contributed by atoms with Crippen molar-refractivity contribution in [2.24, 2.45) is 5.10 Å². The van der Waals surface area contributed by atoms with E-state index in [0.29, 0.717) is 17.2 Å². The van der Waals surface area contributed by atoms with Crippen LogP contribution in [0.5, 0.6) is 11.5 Å². The first-order chi connectivity index (χ1) is 9.65. The van der Waals surface area contributed by atoms with Crippen LogP contribution in [0.1, 0.15) is 18.4 Å². The fraction of sp³-hybridized carbons (Fsp3) is 0.385. The maximum absolute atomic E-state index is 9.56. The van der Waals surface area contributed by atoms with Crippen LogP contribution in [0.25, 0.3) is 0 Å². The zero-order chi connectivity index (χ0) is 14.4. The Hall–Kier alpha value is -1.86. The first-order valence-corrected chi connectivity index (χ1v) is 6.76. The van der Waals surface area contributed by atoms with Gasteiger partial charge in [0.15, 0.2) is 5.11 Å². The van der Waals surface area contributed by atoms with Gasteiger partial charge in [0.2, 0.25) is 0 Å². The van der Waals surface area contributed by atoms with E-state index in [1.165, 1.54) is 18.3 Å². The molecule has 0 saturated carbocycles. The van der Waals surface area contributed by atoms with Crippen LogP contribution >= 0.6 is 12.2 Å². The molecule has 1 aromatic rings. The maximum atomic E-state index is 9.56. The number of aromatic hydroxyl groups is 2. The molecule has 4 N–H and O–H groups in total. The maximum Gasteiger partial charge on any atom is 0.187 e. The van der Waals surface area contributed by atoms with Crippen LogP contribution in [-0.2, 0) is 4.74 Å². The number of nitrogens with zero attached hydrogens (tertiary/aromatic N) is 1. The van der Waals surface area contributed by atoms with E-state index in [1.807, 2.05) is 0 Å². The number of phenols is 2. The second-order valence-corrected chi connectivity index (χ2v) is 4.87. The third-order valence-electron chi connectivity index (χ3n) is 2.90. The van der Waals surface area contributed by atoms with E-state index in [-0.39, 0.29) is 17.6 Å². The van der Waals surface area contributed by atoms with Crippen molar-refractivity contribution in [3.05, 3.63) is 23.8 Å². The second-order valence-electron chi connectivity index (χ2n) is 4.46. The summed E-state index contributed by atoms with van der Waals surface area (Å²) in [6.07, 6.45) is 3.76. The summed E-state index contributed by atoms with van der Waals surface area (Å²) in [5.74, 6) is -0.0462. The van der Waals surface area contributed by atoms with Crippen LogP contribution in [0.2, 0.25) is 0 Å². The molecule has 20 heavy (non-hydrogen) atoms. The average Bonchev–Trinajstić information content (AvgIpc) is 2.92. The molecule has 1 aliphatic heterocycles. The normalized spacial score (nSPS) is 18.3. The highest BCUT2D eigenvalue weighted by molar-refractivity contribution is 7.80. The largest absolute Gasteiger partial charge is 0.508 e. The lowest BCUT2D eigenvalue weighted by molar-refractivity contribution is 0.114. The molecule has 1 fully saturated rings. The molecule has 2 rings (SSSR count). The minimum atomic E-state index is -0.0474. The third-order valence-corrected chi connectivity index (χ3v) is 3.13. The summed E-state index contributed by atoms with van der Waals surface area (Å²) in [7, 11) is 0. The summed E-state index contributed by atoms with van der Waals surface area (Å²) in [4.78, 5) is 0. The SMILES string of the molecule is Oc1ccc(/C=N/NC(=S)NCC2CCCO2)c(O)c1. The van der Waals surface area contributed by atoms with Gasteiger partial charge in [0.1, 0.15) is 11.5 Å². The zero-order valence-corrected chi connectivity index (χ0v) is 11.7. The van der Waals surface area contributed by atoms with Crippen molar-refractivity contribution in [1.29, 1.82) is 0 Å². The molecule has 1 atom stereocenters. The Morgan fingerprint density at radius 2 is 2.35 bits per heavy atom. The van der Waals surface area contributed by atoms with Gasteiger partial charge in [-0.15, -0.1) is 0 Å². The molecule has 1 heterocycles. The van der Waals surface area contributed by atoms with Gasteiger partial charge in [-0.3, -0.25) is 5.43 Å². The Balaban J connectivity index is 1.75. The van der Waals surface area contributed by atoms with Crippen molar-refractivity contribution in [2.45, 2.75) is 18.9 Å². The van der Waals surface area contributed by atoms with Gasteiger partial charge in [-0.1, -0.05) is 0 Å². The summed E-state index contributed by atoms with van der Waals surface area (Å²) >= 11 is 5.06. The monoisotopic (exact) mass is 295 g/mol. The van der Waals surface area contributed by atoms with Gasteiger partial charge < -0.3 is 20.3 Å². The highest BCUT2D eigenvalue weighted by Gasteiger charge is 2.14. The van der Waals surface area contributed by atoms with Gasteiger partial charge in [0, 0.05) is 24.8 Å². The van der Waals surface area contributed by atoms with Gasteiger partial charge in [-0.25, -0.2) is 0 Å². The minimum absolute atomic E-state index is 0.00126. The number of thiocarbonyl (C=S) groups is 1. The Labute approximate surface area is 122 Å². The lowest BCUT2D eigenvalue weighted by Crippen LogP contribution is -2.37. The van der Waals surface area contributed by atoms with Crippen molar-refractivity contribution >= 4 is 23.5 Å². The Kier molecular flexibility index (Phi) is 5.14. The van der Waals surface area contributed by atoms with Crippen molar-refractivity contribution in [3.63, 3.8) is 0 Å². The van der Waals surface area contributed by atoms with Crippen molar-refractivity contribution < 1.29 is 14.9 Å². The summed E-state index contributed by atoms with van der Waals surface area (Å²) in [5.41, 5.74) is 3.14. The molecule has 0 radical (unpaired) electrons. The quantitative estimate of drug-likeness (QED) is 0.378. The standard InChI is InChI=1S/C13H17N3O3S/c17-10-4-3-9(12(18)6-10)7-15-16-13(20)14-8-11-2-1-5-19-11/h3-4,6-7,11,17-18H,1-2,5,8H2,(H2,14,16,20)/b15-7+. The van der Waals surface area contributed by atoms with E-state index in [0.717, 1.165) is 19.4 Å². The van der Waals surface area contributed by atoms with Gasteiger partial charge >= 0.3 is 0 Å². The van der Waals surface area contributed by atoms with Gasteiger partial charge in [0.05, 0.1) is 12.3 Å². The molecule has 108 valence electrons. The van der Waals surface area contributed by atoms with Crippen LogP contribution in [0.3, 0.4) is 0 Å². The smallest absolute Gasteiger partial charge is 0.187 e. The molecule has 0 bridgehead atoms. The van der Waals surface area contributed by atoms with E-state index in [9.17, 15) is 5.11 Å². The number of hydrogen-bond donors (Lipinski definition) is 4. The van der Waals surface area contributed by atoms with Crippen molar-refractivity contribution in [2.75, 3.05) is 13.2 Å². The summed E-state index contributed by atoms with van der Waals surface area (Å²) in [6.45, 7) is 1.47. The van der Waals surface area contributed by atoms with Crippen LogP contribution < -0.4 is 10.7 Å². The van der Waals surface area contributed by atoms with Crippen LogP contribution in [0.4, 0.5) is 0 Å². The number of hydrazone groups is 1. The number of benzene rings is 1. The lowest BCUT2D eigenvalue weighted by atomic mass is 10.2. The van der Waals surface area contributed by atoms with E-state index in [4.69, 9.17) is 22.1 Å². The molecule has 0 amide bonds. The minimum Gasteiger partial charge on any atom is -0.508 e. The third kappa shape index (κ3) is 4.36. The Morgan fingerprint density at radius 3 is 3.05 bits per heavy atom. The summed E-state index contributed by atoms with van der Waals surface area (Å²) in [6, 6.07) is 4.27. The predicted octanol–water partition coefficient (Wildman–Crippen LogP) is 1.07. The van der Waals surface area contributed by atoms with E-state index in [1.54, 1.807) is 6.07 Å². The number of nitrogens with one attached hydrogen (secondary N) is 2. The molecule has 6 nitrogen and oxygen atoms in total. The molecular weight excluding hydrogens is 278 g/mol. The number of phenolic OH excluding ortho intramolecular Hbond substituents is 2. The van der Waals surface area contributed by atoms with Crippen LogP contribution in [0, 0.1) is 0 Å². The van der Waals surface area contributed by atoms with Crippen LogP contribution in [-0.4, -0.2) is 40.8 Å². The van der Waals surface area contributed by atoms with E-state index in [2.05, 4.69) is 15.8 Å². The van der Waals surface area contributed by atoms with E-state index >= 15 is 0 Å². The average molecular weight is 295 g/mol. The zero-order valence-electron chi connectivity index (χ0n) is 10.9. The lowest BCUT2D eigenvalue weighted by Gasteiger charge is -2.11. The summed E-state index contributed by atoms with van der Waals surface area (Å²) in [5, 5.41) is 26.0.